The van der Waals surface area contributed by atoms with E-state index in [0.29, 0.717) is 24.9 Å². The van der Waals surface area contributed by atoms with Gasteiger partial charge < -0.3 is 15.1 Å². The van der Waals surface area contributed by atoms with Crippen LogP contribution >= 0.6 is 0 Å². The summed E-state index contributed by atoms with van der Waals surface area (Å²) in [6, 6.07) is 19.9. The first kappa shape index (κ1) is 25.0. The van der Waals surface area contributed by atoms with Gasteiger partial charge in [0.1, 0.15) is 5.82 Å². The third kappa shape index (κ3) is 5.10. The highest BCUT2D eigenvalue weighted by molar-refractivity contribution is 5.98. The van der Waals surface area contributed by atoms with Crippen LogP contribution in [0.1, 0.15) is 58.8 Å². The number of nitrogens with zero attached hydrogens (tertiary/aromatic N) is 2. The molecule has 3 aromatic rings. The fraction of sp³-hybridized carbons (Fsp3) is 0.355. The van der Waals surface area contributed by atoms with E-state index in [9.17, 15) is 14.0 Å². The second-order valence-electron chi connectivity index (χ2n) is 10.2. The number of aryl methyl sites for hydroxylation is 2. The molecule has 2 saturated heterocycles. The van der Waals surface area contributed by atoms with E-state index in [0.717, 1.165) is 30.0 Å². The monoisotopic (exact) mass is 499 g/mol. The molecule has 0 bridgehead atoms. The number of nitrogens with one attached hydrogen (secondary N) is 1. The summed E-state index contributed by atoms with van der Waals surface area (Å²) in [7, 11) is 0. The molecule has 5 nitrogen and oxygen atoms in total. The van der Waals surface area contributed by atoms with Crippen molar-refractivity contribution in [2.24, 2.45) is 5.92 Å². The maximum absolute atomic E-state index is 14.8. The molecule has 192 valence electrons. The van der Waals surface area contributed by atoms with Crippen LogP contribution in [0.2, 0.25) is 0 Å². The predicted molar refractivity (Wildman–Crippen MR) is 145 cm³/mol. The van der Waals surface area contributed by atoms with Gasteiger partial charge in [-0.2, -0.15) is 0 Å². The number of likely N-dealkylation sites (tertiary alicyclic amines) is 1. The molecule has 0 spiro atoms. The van der Waals surface area contributed by atoms with Crippen LogP contribution < -0.4 is 10.2 Å². The van der Waals surface area contributed by atoms with Crippen LogP contribution in [0.4, 0.5) is 15.8 Å². The van der Waals surface area contributed by atoms with Crippen LogP contribution in [0.5, 0.6) is 0 Å². The fourth-order valence-corrected chi connectivity index (χ4v) is 5.83. The normalized spacial score (nSPS) is 19.6. The number of hydrogen-bond donors (Lipinski definition) is 1. The largest absolute Gasteiger partial charge is 0.371 e. The van der Waals surface area contributed by atoms with Gasteiger partial charge in [0.15, 0.2) is 0 Å². The van der Waals surface area contributed by atoms with Gasteiger partial charge in [-0.25, -0.2) is 4.39 Å². The van der Waals surface area contributed by atoms with Gasteiger partial charge >= 0.3 is 0 Å². The summed E-state index contributed by atoms with van der Waals surface area (Å²) in [5, 5.41) is 3.15. The minimum atomic E-state index is -0.530. The summed E-state index contributed by atoms with van der Waals surface area (Å²) in [5.74, 6) is -1.47. The molecule has 2 aliphatic heterocycles. The molecule has 2 fully saturated rings. The van der Waals surface area contributed by atoms with Crippen molar-refractivity contribution in [1.82, 2.24) is 4.90 Å². The first-order valence-electron chi connectivity index (χ1n) is 13.2. The Morgan fingerprint density at radius 3 is 2.35 bits per heavy atom. The summed E-state index contributed by atoms with van der Waals surface area (Å²) >= 11 is 0. The number of rotatable bonds is 5. The van der Waals surface area contributed by atoms with Crippen LogP contribution in [0.25, 0.3) is 0 Å². The van der Waals surface area contributed by atoms with Crippen LogP contribution in [0.3, 0.4) is 0 Å². The molecule has 2 atom stereocenters. The van der Waals surface area contributed by atoms with E-state index in [2.05, 4.69) is 29.3 Å². The molecule has 2 heterocycles. The Morgan fingerprint density at radius 1 is 0.865 bits per heavy atom. The number of hydrogen-bond acceptors (Lipinski definition) is 3. The van der Waals surface area contributed by atoms with Crippen molar-refractivity contribution < 1.29 is 14.0 Å². The molecular formula is C31H34FN3O2. The van der Waals surface area contributed by atoms with E-state index < -0.39 is 17.8 Å². The van der Waals surface area contributed by atoms with E-state index >= 15 is 0 Å². The molecule has 0 aromatic heterocycles. The number of benzene rings is 3. The summed E-state index contributed by atoms with van der Waals surface area (Å²) in [6.07, 6.45) is 3.69. The Labute approximate surface area is 218 Å². The molecule has 0 saturated carbocycles. The van der Waals surface area contributed by atoms with Crippen molar-refractivity contribution in [3.05, 3.63) is 94.8 Å². The number of anilines is 2. The lowest BCUT2D eigenvalue weighted by atomic mass is 9.83. The molecule has 3 aromatic carbocycles. The van der Waals surface area contributed by atoms with Gasteiger partial charge in [0.2, 0.25) is 5.91 Å². The SMILES string of the molecule is Cc1ccc(NC(=O)C2CCCN(C(=O)c3c(C)cccc3F)C2c2ccccc2)cc1N1CCCC1. The Hall–Kier alpha value is -3.67. The first-order chi connectivity index (χ1) is 17.9. The number of carbonyl (C=O) groups excluding carboxylic acids is 2. The molecule has 0 radical (unpaired) electrons. The highest BCUT2D eigenvalue weighted by Gasteiger charge is 2.40. The van der Waals surface area contributed by atoms with Crippen LogP contribution in [-0.4, -0.2) is 36.3 Å². The molecular weight excluding hydrogens is 465 g/mol. The second-order valence-corrected chi connectivity index (χ2v) is 10.2. The summed E-state index contributed by atoms with van der Waals surface area (Å²) in [4.78, 5) is 31.6. The standard InChI is InChI=1S/C31H34FN3O2/c1-21-15-16-24(20-27(21)34-17-6-7-18-34)33-30(36)25-13-9-19-35(29(25)23-11-4-3-5-12-23)31(37)28-22(2)10-8-14-26(28)32/h3-5,8,10-12,14-16,20,25,29H,6-7,9,13,17-19H2,1-2H3,(H,33,36). The third-order valence-corrected chi connectivity index (χ3v) is 7.73. The van der Waals surface area contributed by atoms with Crippen LogP contribution in [-0.2, 0) is 4.79 Å². The summed E-state index contributed by atoms with van der Waals surface area (Å²) in [6.45, 7) is 6.38. The Morgan fingerprint density at radius 2 is 1.62 bits per heavy atom. The molecule has 6 heteroatoms. The topological polar surface area (TPSA) is 52.7 Å². The quantitative estimate of drug-likeness (QED) is 0.450. The zero-order valence-corrected chi connectivity index (χ0v) is 21.5. The Kier molecular flexibility index (Phi) is 7.26. The van der Waals surface area contributed by atoms with Gasteiger partial charge in [-0.1, -0.05) is 48.5 Å². The molecule has 2 aliphatic rings. The fourth-order valence-electron chi connectivity index (χ4n) is 5.83. The van der Waals surface area contributed by atoms with Gasteiger partial charge in [-0.3, -0.25) is 9.59 Å². The van der Waals surface area contributed by atoms with Gasteiger partial charge in [0, 0.05) is 31.0 Å². The molecule has 0 aliphatic carbocycles. The first-order valence-corrected chi connectivity index (χ1v) is 13.2. The highest BCUT2D eigenvalue weighted by atomic mass is 19.1. The van der Waals surface area contributed by atoms with Crippen molar-refractivity contribution >= 4 is 23.2 Å². The minimum absolute atomic E-state index is 0.0817. The van der Waals surface area contributed by atoms with Crippen molar-refractivity contribution in [2.45, 2.75) is 45.6 Å². The summed E-state index contributed by atoms with van der Waals surface area (Å²) in [5.41, 5.74) is 4.67. The Bertz CT molecular complexity index is 1270. The second kappa shape index (κ2) is 10.8. The minimum Gasteiger partial charge on any atom is -0.371 e. The molecule has 2 unspecified atom stereocenters. The van der Waals surface area contributed by atoms with Crippen molar-refractivity contribution in [3.8, 4) is 0 Å². The number of carbonyl (C=O) groups is 2. The Balaban J connectivity index is 1.46. The van der Waals surface area contributed by atoms with Crippen molar-refractivity contribution in [2.75, 3.05) is 29.9 Å². The average Bonchev–Trinajstić information content (AvgIpc) is 3.44. The number of piperidine rings is 1. The van der Waals surface area contributed by atoms with Crippen molar-refractivity contribution in [1.29, 1.82) is 0 Å². The van der Waals surface area contributed by atoms with Gasteiger partial charge in [-0.05, 0) is 74.4 Å². The summed E-state index contributed by atoms with van der Waals surface area (Å²) < 4.78 is 14.8. The third-order valence-electron chi connectivity index (χ3n) is 7.73. The van der Waals surface area contributed by atoms with Gasteiger partial charge in [0.25, 0.3) is 5.91 Å². The molecule has 2 amide bonds. The zero-order valence-electron chi connectivity index (χ0n) is 21.5. The van der Waals surface area contributed by atoms with E-state index in [1.807, 2.05) is 36.4 Å². The lowest BCUT2D eigenvalue weighted by Gasteiger charge is -2.41. The molecule has 37 heavy (non-hydrogen) atoms. The van der Waals surface area contributed by atoms with Gasteiger partial charge in [0.05, 0.1) is 17.5 Å². The van der Waals surface area contributed by atoms with Gasteiger partial charge in [-0.15, -0.1) is 0 Å². The lowest BCUT2D eigenvalue weighted by Crippen LogP contribution is -2.46. The lowest BCUT2D eigenvalue weighted by molar-refractivity contribution is -0.123. The van der Waals surface area contributed by atoms with Crippen LogP contribution in [0, 0.1) is 25.6 Å². The van der Waals surface area contributed by atoms with E-state index in [1.165, 1.54) is 24.5 Å². The predicted octanol–water partition coefficient (Wildman–Crippen LogP) is 6.27. The van der Waals surface area contributed by atoms with E-state index in [-0.39, 0.29) is 17.4 Å². The maximum atomic E-state index is 14.8. The van der Waals surface area contributed by atoms with Crippen molar-refractivity contribution in [3.63, 3.8) is 0 Å². The van der Waals surface area contributed by atoms with E-state index in [1.54, 1.807) is 24.0 Å². The number of amides is 2. The van der Waals surface area contributed by atoms with Crippen LogP contribution in [0.15, 0.2) is 66.7 Å². The average molecular weight is 500 g/mol. The maximum Gasteiger partial charge on any atom is 0.257 e. The van der Waals surface area contributed by atoms with E-state index in [4.69, 9.17) is 0 Å². The zero-order chi connectivity index (χ0) is 25.9. The molecule has 5 rings (SSSR count). The highest BCUT2D eigenvalue weighted by Crippen LogP contribution is 2.39. The smallest absolute Gasteiger partial charge is 0.257 e. The number of halogens is 1. The molecule has 1 N–H and O–H groups in total.